The van der Waals surface area contributed by atoms with Crippen molar-refractivity contribution in [2.24, 2.45) is 5.10 Å². The molecule has 3 atom stereocenters. The van der Waals surface area contributed by atoms with E-state index in [1.54, 1.807) is 13.3 Å². The van der Waals surface area contributed by atoms with E-state index in [1.165, 1.54) is 0 Å². The molecule has 2 aliphatic rings. The second-order valence-corrected chi connectivity index (χ2v) is 4.97. The van der Waals surface area contributed by atoms with Crippen molar-refractivity contribution in [1.82, 2.24) is 32.2 Å². The van der Waals surface area contributed by atoms with E-state index in [4.69, 9.17) is 4.74 Å². The zero-order valence-corrected chi connectivity index (χ0v) is 12.3. The summed E-state index contributed by atoms with van der Waals surface area (Å²) < 4.78 is 5.08. The number of carbonyl (C=O) groups excluding carboxylic acids is 2. The maximum Gasteiger partial charge on any atom is 0.322 e. The van der Waals surface area contributed by atoms with Crippen LogP contribution in [-0.2, 0) is 4.79 Å². The lowest BCUT2D eigenvalue weighted by atomic mass is 10.1. The highest BCUT2D eigenvalue weighted by atomic mass is 16.5. The molecular formula is C13H17N7O3. The summed E-state index contributed by atoms with van der Waals surface area (Å²) in [7, 11) is 1.61. The fourth-order valence-corrected chi connectivity index (χ4v) is 2.23. The highest BCUT2D eigenvalue weighted by Crippen LogP contribution is 2.09. The number of urea groups is 1. The van der Waals surface area contributed by atoms with Crippen LogP contribution < -0.4 is 37.0 Å². The van der Waals surface area contributed by atoms with Gasteiger partial charge in [0.15, 0.2) is 6.29 Å². The van der Waals surface area contributed by atoms with Gasteiger partial charge in [-0.1, -0.05) is 0 Å². The van der Waals surface area contributed by atoms with Crippen LogP contribution in [0, 0.1) is 0 Å². The molecule has 0 bridgehead atoms. The first-order chi connectivity index (χ1) is 11.2. The monoisotopic (exact) mass is 319 g/mol. The molecule has 10 nitrogen and oxygen atoms in total. The minimum Gasteiger partial charge on any atom is -0.497 e. The molecule has 2 heterocycles. The number of carbonyl (C=O) groups is 2. The summed E-state index contributed by atoms with van der Waals surface area (Å²) in [5, 5.41) is 11.9. The maximum atomic E-state index is 11.6. The summed E-state index contributed by atoms with van der Waals surface area (Å²) in [6, 6.07) is 6.27. The lowest BCUT2D eigenvalue weighted by Crippen LogP contribution is -2.80. The number of benzene rings is 1. The average molecular weight is 319 g/mol. The van der Waals surface area contributed by atoms with Crippen LogP contribution >= 0.6 is 0 Å². The SMILES string of the molecule is COc1ccc(/C=N\NC2NNC3C(=O)NC(=O)NC3N2)cc1. The number of nitrogens with zero attached hydrogens (tertiary/aromatic N) is 1. The molecule has 2 fully saturated rings. The van der Waals surface area contributed by atoms with Crippen LogP contribution in [0.3, 0.4) is 0 Å². The van der Waals surface area contributed by atoms with Crippen LogP contribution in [0.15, 0.2) is 29.4 Å². The molecule has 10 heteroatoms. The Kier molecular flexibility index (Phi) is 4.37. The van der Waals surface area contributed by atoms with E-state index in [0.29, 0.717) is 0 Å². The molecule has 2 saturated heterocycles. The molecule has 0 radical (unpaired) electrons. The molecule has 0 spiro atoms. The van der Waals surface area contributed by atoms with E-state index in [2.05, 4.69) is 37.3 Å². The minimum absolute atomic E-state index is 0.404. The first kappa shape index (κ1) is 15.2. The number of rotatable bonds is 4. The first-order valence-corrected chi connectivity index (χ1v) is 6.97. The van der Waals surface area contributed by atoms with Crippen molar-refractivity contribution in [3.8, 4) is 5.75 Å². The number of hydrogen-bond acceptors (Lipinski definition) is 8. The van der Waals surface area contributed by atoms with E-state index in [-0.39, 0.29) is 0 Å². The molecule has 0 aromatic heterocycles. The lowest BCUT2D eigenvalue weighted by Gasteiger charge is -2.40. The van der Waals surface area contributed by atoms with Gasteiger partial charge in [0.2, 0.25) is 5.91 Å². The Bertz CT molecular complexity index is 618. The summed E-state index contributed by atoms with van der Waals surface area (Å²) >= 11 is 0. The van der Waals surface area contributed by atoms with Gasteiger partial charge < -0.3 is 10.1 Å². The lowest BCUT2D eigenvalue weighted by molar-refractivity contribution is -0.125. The second kappa shape index (κ2) is 6.60. The number of hydrazine groups is 1. The highest BCUT2D eigenvalue weighted by molar-refractivity contribution is 6.00. The molecule has 3 rings (SSSR count). The number of nitrogens with one attached hydrogen (secondary N) is 6. The normalized spacial score (nSPS) is 27.1. The molecule has 1 aromatic carbocycles. The fraction of sp³-hybridized carbons (Fsp3) is 0.308. The number of imide groups is 1. The van der Waals surface area contributed by atoms with E-state index < -0.39 is 30.4 Å². The smallest absolute Gasteiger partial charge is 0.322 e. The van der Waals surface area contributed by atoms with Gasteiger partial charge in [-0.3, -0.25) is 20.9 Å². The Labute approximate surface area is 132 Å². The third-order valence-electron chi connectivity index (χ3n) is 3.40. The van der Waals surface area contributed by atoms with Crippen molar-refractivity contribution in [2.45, 2.75) is 18.5 Å². The molecule has 122 valence electrons. The number of hydrazone groups is 1. The number of ether oxygens (including phenoxy) is 1. The summed E-state index contributed by atoms with van der Waals surface area (Å²) in [6.45, 7) is 0. The summed E-state index contributed by atoms with van der Waals surface area (Å²) in [5.74, 6) is 0.367. The number of hydrogen-bond donors (Lipinski definition) is 6. The van der Waals surface area contributed by atoms with Crippen molar-refractivity contribution in [2.75, 3.05) is 7.11 Å². The van der Waals surface area contributed by atoms with Crippen molar-refractivity contribution >= 4 is 18.2 Å². The quantitative estimate of drug-likeness (QED) is 0.283. The fourth-order valence-electron chi connectivity index (χ4n) is 2.23. The third-order valence-corrected chi connectivity index (χ3v) is 3.40. The third kappa shape index (κ3) is 3.56. The summed E-state index contributed by atoms with van der Waals surface area (Å²) in [5.41, 5.74) is 9.39. The highest BCUT2D eigenvalue weighted by Gasteiger charge is 2.39. The van der Waals surface area contributed by atoms with Gasteiger partial charge in [-0.2, -0.15) is 5.10 Å². The Morgan fingerprint density at radius 3 is 2.74 bits per heavy atom. The van der Waals surface area contributed by atoms with Gasteiger partial charge in [0, 0.05) is 0 Å². The van der Waals surface area contributed by atoms with Crippen molar-refractivity contribution in [1.29, 1.82) is 0 Å². The molecular weight excluding hydrogens is 302 g/mol. The zero-order valence-electron chi connectivity index (χ0n) is 12.3. The standard InChI is InChI=1S/C13H17N7O3/c1-23-8-4-2-7(3-5-8)6-14-19-12-15-10-9(18-20-12)11(21)17-13(22)16-10/h2-6,9-10,12,15,18-20H,1H3,(H2,16,17,21,22)/b14-6-. The van der Waals surface area contributed by atoms with E-state index in [1.807, 2.05) is 24.3 Å². The van der Waals surface area contributed by atoms with Gasteiger partial charge in [-0.15, -0.1) is 0 Å². The predicted octanol–water partition coefficient (Wildman–Crippen LogP) is -1.87. The summed E-state index contributed by atoms with van der Waals surface area (Å²) in [4.78, 5) is 22.9. The van der Waals surface area contributed by atoms with Crippen LogP contribution in [0.4, 0.5) is 4.79 Å². The predicted molar refractivity (Wildman–Crippen MR) is 81.2 cm³/mol. The largest absolute Gasteiger partial charge is 0.497 e. The molecule has 0 saturated carbocycles. The minimum atomic E-state index is -0.601. The molecule has 3 amide bonds. The molecule has 6 N–H and O–H groups in total. The van der Waals surface area contributed by atoms with Gasteiger partial charge in [-0.05, 0) is 29.8 Å². The number of methoxy groups -OCH3 is 1. The zero-order chi connectivity index (χ0) is 16.2. The number of amides is 3. The van der Waals surface area contributed by atoms with E-state index >= 15 is 0 Å². The van der Waals surface area contributed by atoms with E-state index in [0.717, 1.165) is 11.3 Å². The van der Waals surface area contributed by atoms with Gasteiger partial charge >= 0.3 is 6.03 Å². The molecule has 3 unspecified atom stereocenters. The molecule has 2 aliphatic heterocycles. The van der Waals surface area contributed by atoms with Crippen LogP contribution in [0.5, 0.6) is 5.75 Å². The first-order valence-electron chi connectivity index (χ1n) is 6.97. The second-order valence-electron chi connectivity index (χ2n) is 4.97. The van der Waals surface area contributed by atoms with Crippen molar-refractivity contribution in [3.63, 3.8) is 0 Å². The van der Waals surface area contributed by atoms with Crippen LogP contribution in [0.1, 0.15) is 5.56 Å². The van der Waals surface area contributed by atoms with Gasteiger partial charge in [0.05, 0.1) is 13.3 Å². The Morgan fingerprint density at radius 1 is 1.22 bits per heavy atom. The van der Waals surface area contributed by atoms with Crippen LogP contribution in [-0.4, -0.2) is 43.8 Å². The Balaban J connectivity index is 1.53. The molecule has 0 aliphatic carbocycles. The Morgan fingerprint density at radius 2 is 2.00 bits per heavy atom. The molecule has 23 heavy (non-hydrogen) atoms. The van der Waals surface area contributed by atoms with Crippen LogP contribution in [0.2, 0.25) is 0 Å². The Hall–Kier alpha value is -2.69. The maximum absolute atomic E-state index is 11.6. The van der Waals surface area contributed by atoms with Gasteiger partial charge in [0.1, 0.15) is 18.0 Å². The van der Waals surface area contributed by atoms with Crippen molar-refractivity contribution in [3.05, 3.63) is 29.8 Å². The summed E-state index contributed by atoms with van der Waals surface area (Å²) in [6.07, 6.45) is 0.643. The average Bonchev–Trinajstić information content (AvgIpc) is 2.55. The van der Waals surface area contributed by atoms with Gasteiger partial charge in [-0.25, -0.2) is 15.6 Å². The van der Waals surface area contributed by atoms with Crippen LogP contribution in [0.25, 0.3) is 0 Å². The van der Waals surface area contributed by atoms with Gasteiger partial charge in [0.25, 0.3) is 0 Å². The van der Waals surface area contributed by atoms with E-state index in [9.17, 15) is 9.59 Å². The molecule has 1 aromatic rings. The van der Waals surface area contributed by atoms with Crippen molar-refractivity contribution < 1.29 is 14.3 Å². The number of fused-ring (bicyclic) bond motifs is 1. The topological polar surface area (TPSA) is 128 Å².